The molecule has 2 N–H and O–H groups in total. The van der Waals surface area contributed by atoms with Crippen LogP contribution in [0.5, 0.6) is 0 Å². The minimum Gasteiger partial charge on any atom is -0.384 e. The molecule has 0 saturated carbocycles. The van der Waals surface area contributed by atoms with Crippen molar-refractivity contribution in [3.8, 4) is 16.8 Å². The Morgan fingerprint density at radius 1 is 0.966 bits per heavy atom. The molecule has 4 aromatic heterocycles. The van der Waals surface area contributed by atoms with E-state index in [1.54, 1.807) is 40.8 Å². The van der Waals surface area contributed by atoms with Crippen molar-refractivity contribution in [1.29, 1.82) is 0 Å². The van der Waals surface area contributed by atoms with Gasteiger partial charge in [-0.3, -0.25) is 19.1 Å². The first kappa shape index (κ1) is 17.1. The predicted octanol–water partition coefficient (Wildman–Crippen LogP) is 3.23. The second kappa shape index (κ2) is 6.27. The maximum Gasteiger partial charge on any atom is 0.333 e. The zero-order valence-corrected chi connectivity index (χ0v) is 16.0. The van der Waals surface area contributed by atoms with Crippen LogP contribution in [0.25, 0.3) is 38.8 Å². The van der Waals surface area contributed by atoms with Gasteiger partial charge in [0.05, 0.1) is 34.1 Å². The highest BCUT2D eigenvalue weighted by molar-refractivity contribution is 6.04. The number of anilines is 1. The molecule has 0 aliphatic carbocycles. The third-order valence-corrected chi connectivity index (χ3v) is 5.22. The summed E-state index contributed by atoms with van der Waals surface area (Å²) < 4.78 is 3.33. The summed E-state index contributed by atoms with van der Waals surface area (Å²) in [4.78, 5) is 26.2. The monoisotopic (exact) mass is 382 g/mol. The summed E-state index contributed by atoms with van der Waals surface area (Å²) in [6.07, 6.45) is 5.21. The molecule has 0 amide bonds. The van der Waals surface area contributed by atoms with Crippen molar-refractivity contribution >= 4 is 27.8 Å². The molecular weight excluding hydrogens is 364 g/mol. The van der Waals surface area contributed by atoms with Crippen molar-refractivity contribution in [3.05, 3.63) is 77.2 Å². The van der Waals surface area contributed by atoms with E-state index in [-0.39, 0.29) is 5.69 Å². The van der Waals surface area contributed by atoms with E-state index in [0.29, 0.717) is 5.82 Å². The van der Waals surface area contributed by atoms with Gasteiger partial charge in [-0.25, -0.2) is 9.78 Å². The van der Waals surface area contributed by atoms with Crippen LogP contribution in [-0.2, 0) is 7.05 Å². The minimum atomic E-state index is -0.134. The van der Waals surface area contributed by atoms with Gasteiger partial charge in [-0.2, -0.15) is 0 Å². The van der Waals surface area contributed by atoms with Crippen LogP contribution >= 0.6 is 0 Å². The number of pyridine rings is 3. The highest BCUT2D eigenvalue weighted by Gasteiger charge is 2.18. The minimum absolute atomic E-state index is 0.134. The Balaban J connectivity index is 1.89. The van der Waals surface area contributed by atoms with Gasteiger partial charge >= 0.3 is 5.69 Å². The molecule has 0 radical (unpaired) electrons. The molecule has 1 aromatic carbocycles. The van der Waals surface area contributed by atoms with Gasteiger partial charge in [0.2, 0.25) is 0 Å². The SMILES string of the molecule is Cc1ncccc1-n1c(=O)n(C)c2cnc3ccc(-c4ccc(N)nc4)cc3c21. The molecule has 0 saturated heterocycles. The van der Waals surface area contributed by atoms with Gasteiger partial charge in [0.25, 0.3) is 0 Å². The van der Waals surface area contributed by atoms with Crippen molar-refractivity contribution in [3.63, 3.8) is 0 Å². The van der Waals surface area contributed by atoms with E-state index < -0.39 is 0 Å². The van der Waals surface area contributed by atoms with Crippen molar-refractivity contribution in [1.82, 2.24) is 24.1 Å². The van der Waals surface area contributed by atoms with Crippen LogP contribution in [-0.4, -0.2) is 24.1 Å². The van der Waals surface area contributed by atoms with Crippen LogP contribution in [0.15, 0.2) is 65.8 Å². The molecule has 4 heterocycles. The lowest BCUT2D eigenvalue weighted by atomic mass is 10.0. The predicted molar refractivity (Wildman–Crippen MR) is 114 cm³/mol. The molecule has 5 aromatic rings. The maximum absolute atomic E-state index is 13.1. The lowest BCUT2D eigenvalue weighted by molar-refractivity contribution is 0.840. The standard InChI is InChI=1S/C22H18N6O/c1-13-18(4-3-9-24-13)28-21-16-10-14(15-6-8-20(23)26-11-15)5-7-17(16)25-12-19(21)27(2)22(28)29/h3-12H,1-2H3,(H2,23,26). The smallest absolute Gasteiger partial charge is 0.333 e. The number of nitrogen functional groups attached to an aromatic ring is 1. The van der Waals surface area contributed by atoms with Gasteiger partial charge in [-0.1, -0.05) is 6.07 Å². The molecule has 0 spiro atoms. The molecule has 0 aliphatic rings. The number of aryl methyl sites for hydroxylation is 2. The molecule has 0 atom stereocenters. The number of rotatable bonds is 2. The van der Waals surface area contributed by atoms with Crippen LogP contribution in [0.3, 0.4) is 0 Å². The first-order chi connectivity index (χ1) is 14.0. The van der Waals surface area contributed by atoms with E-state index in [9.17, 15) is 4.79 Å². The van der Waals surface area contributed by atoms with Crippen molar-refractivity contribution in [2.75, 3.05) is 5.73 Å². The molecule has 0 fully saturated rings. The maximum atomic E-state index is 13.1. The third-order valence-electron chi connectivity index (χ3n) is 5.22. The summed E-state index contributed by atoms with van der Waals surface area (Å²) in [6, 6.07) is 13.4. The van der Waals surface area contributed by atoms with Crippen LogP contribution in [0, 0.1) is 6.92 Å². The number of hydrogen-bond donors (Lipinski definition) is 1. The second-order valence-electron chi connectivity index (χ2n) is 6.98. The Kier molecular flexibility index (Phi) is 3.70. The van der Waals surface area contributed by atoms with Gasteiger partial charge < -0.3 is 5.73 Å². The summed E-state index contributed by atoms with van der Waals surface area (Å²) in [6.45, 7) is 1.90. The number of aromatic nitrogens is 5. The molecule has 29 heavy (non-hydrogen) atoms. The average Bonchev–Trinajstić information content (AvgIpc) is 2.99. The molecule has 0 bridgehead atoms. The normalized spacial score (nSPS) is 11.4. The lowest BCUT2D eigenvalue weighted by Gasteiger charge is -2.09. The first-order valence-electron chi connectivity index (χ1n) is 9.18. The lowest BCUT2D eigenvalue weighted by Crippen LogP contribution is -2.21. The quantitative estimate of drug-likeness (QED) is 0.506. The Morgan fingerprint density at radius 2 is 1.79 bits per heavy atom. The number of imidazole rings is 1. The van der Waals surface area contributed by atoms with E-state index in [1.807, 2.05) is 43.3 Å². The Hall–Kier alpha value is -4.00. The van der Waals surface area contributed by atoms with E-state index in [1.165, 1.54) is 0 Å². The Morgan fingerprint density at radius 3 is 2.55 bits per heavy atom. The van der Waals surface area contributed by atoms with Crippen LogP contribution < -0.4 is 11.4 Å². The fourth-order valence-corrected chi connectivity index (χ4v) is 3.69. The number of nitrogens with two attached hydrogens (primary N) is 1. The summed E-state index contributed by atoms with van der Waals surface area (Å²) in [5.41, 5.74) is 11.4. The summed E-state index contributed by atoms with van der Waals surface area (Å²) in [5.74, 6) is 0.475. The van der Waals surface area contributed by atoms with Gasteiger partial charge in [0.15, 0.2) is 0 Å². The highest BCUT2D eigenvalue weighted by atomic mass is 16.1. The topological polar surface area (TPSA) is 91.6 Å². The van der Waals surface area contributed by atoms with E-state index >= 15 is 0 Å². The molecule has 7 nitrogen and oxygen atoms in total. The molecule has 142 valence electrons. The molecular formula is C22H18N6O. The average molecular weight is 382 g/mol. The highest BCUT2D eigenvalue weighted by Crippen LogP contribution is 2.30. The number of benzene rings is 1. The van der Waals surface area contributed by atoms with E-state index in [2.05, 4.69) is 15.0 Å². The van der Waals surface area contributed by atoms with Crippen molar-refractivity contribution in [2.24, 2.45) is 7.05 Å². The first-order valence-corrected chi connectivity index (χ1v) is 9.18. The zero-order valence-electron chi connectivity index (χ0n) is 16.0. The number of nitrogens with zero attached hydrogens (tertiary/aromatic N) is 5. The van der Waals surface area contributed by atoms with Crippen LogP contribution in [0.2, 0.25) is 0 Å². The van der Waals surface area contributed by atoms with E-state index in [0.717, 1.165) is 44.4 Å². The van der Waals surface area contributed by atoms with Crippen LogP contribution in [0.1, 0.15) is 5.69 Å². The van der Waals surface area contributed by atoms with Gasteiger partial charge in [-0.05, 0) is 48.9 Å². The molecule has 0 aliphatic heterocycles. The van der Waals surface area contributed by atoms with Crippen LogP contribution in [0.4, 0.5) is 5.82 Å². The summed E-state index contributed by atoms with van der Waals surface area (Å²) >= 11 is 0. The summed E-state index contributed by atoms with van der Waals surface area (Å²) in [5, 5.41) is 0.887. The Labute approximate surface area is 166 Å². The molecule has 0 unspecified atom stereocenters. The van der Waals surface area contributed by atoms with Crippen molar-refractivity contribution in [2.45, 2.75) is 6.92 Å². The number of hydrogen-bond acceptors (Lipinski definition) is 5. The second-order valence-corrected chi connectivity index (χ2v) is 6.98. The Bertz CT molecular complexity index is 1450. The molecule has 5 rings (SSSR count). The van der Waals surface area contributed by atoms with Gasteiger partial charge in [0.1, 0.15) is 5.82 Å². The van der Waals surface area contributed by atoms with Crippen molar-refractivity contribution < 1.29 is 0 Å². The van der Waals surface area contributed by atoms with Gasteiger partial charge in [0, 0.05) is 30.4 Å². The number of fused-ring (bicyclic) bond motifs is 3. The zero-order chi connectivity index (χ0) is 20.1. The largest absolute Gasteiger partial charge is 0.384 e. The third kappa shape index (κ3) is 2.59. The fourth-order valence-electron chi connectivity index (χ4n) is 3.69. The van der Waals surface area contributed by atoms with E-state index in [4.69, 9.17) is 5.73 Å². The van der Waals surface area contributed by atoms with Gasteiger partial charge in [-0.15, -0.1) is 0 Å². The fraction of sp³-hybridized carbons (Fsp3) is 0.0909. The molecule has 7 heteroatoms. The summed E-state index contributed by atoms with van der Waals surface area (Å²) in [7, 11) is 1.76.